The monoisotopic (exact) mass is 597 g/mol. The highest BCUT2D eigenvalue weighted by atomic mass is 19.4. The zero-order valence-electron chi connectivity index (χ0n) is 23.7. The fourth-order valence-electron chi connectivity index (χ4n) is 5.04. The Balaban J connectivity index is 1.34. The Morgan fingerprint density at radius 3 is 2.35 bits per heavy atom. The number of nitrogens with two attached hydrogens (primary N) is 1. The Labute approximate surface area is 248 Å². The highest BCUT2D eigenvalue weighted by Gasteiger charge is 2.38. The Hall–Kier alpha value is -4.38. The summed E-state index contributed by atoms with van der Waals surface area (Å²) in [6.07, 6.45) is -4.81. The average Bonchev–Trinajstić information content (AvgIpc) is 3.49. The molecular weight excluding hydrogens is 563 g/mol. The zero-order chi connectivity index (χ0) is 31.0. The molecule has 0 spiro atoms. The van der Waals surface area contributed by atoms with Crippen molar-refractivity contribution in [3.05, 3.63) is 101 Å². The maximum atomic E-state index is 13.4. The van der Waals surface area contributed by atoms with E-state index in [-0.39, 0.29) is 31.0 Å². The molecule has 2 amide bonds. The van der Waals surface area contributed by atoms with Crippen LogP contribution in [0.1, 0.15) is 48.1 Å². The third-order valence-corrected chi connectivity index (χ3v) is 7.17. The molecule has 43 heavy (non-hydrogen) atoms. The standard InChI is InChI=1S/C32H34F3N3O5/c1-2-42-31(41)28(22-9-4-3-5-10-22)43-24-16-14-21(15-17-24)20-37-29(39)27-13-8-18-38(27)30(40)26(36)19-23-11-6-7-12-25(23)32(33,34)35/h3-7,9-12,14-17,26-28H,2,8,13,18-20,36H2,1H3,(H,37,39)/t26-,27-,28?/m0/s1. The van der Waals surface area contributed by atoms with Gasteiger partial charge >= 0.3 is 12.1 Å². The molecule has 1 saturated heterocycles. The molecule has 11 heteroatoms. The lowest BCUT2D eigenvalue weighted by Crippen LogP contribution is -2.51. The molecule has 3 aromatic carbocycles. The van der Waals surface area contributed by atoms with E-state index in [1.807, 2.05) is 6.07 Å². The van der Waals surface area contributed by atoms with Crippen LogP contribution in [-0.2, 0) is 38.3 Å². The third-order valence-electron chi connectivity index (χ3n) is 7.17. The van der Waals surface area contributed by atoms with E-state index in [2.05, 4.69) is 5.32 Å². The van der Waals surface area contributed by atoms with Gasteiger partial charge in [0, 0.05) is 18.7 Å². The number of esters is 1. The van der Waals surface area contributed by atoms with Crippen LogP contribution in [-0.4, -0.2) is 47.9 Å². The van der Waals surface area contributed by atoms with Crippen LogP contribution in [0.25, 0.3) is 0 Å². The second-order valence-electron chi connectivity index (χ2n) is 10.2. The van der Waals surface area contributed by atoms with E-state index in [1.54, 1.807) is 55.5 Å². The number of halogens is 3. The summed E-state index contributed by atoms with van der Waals surface area (Å²) in [5.74, 6) is -1.01. The molecule has 228 valence electrons. The largest absolute Gasteiger partial charge is 0.474 e. The van der Waals surface area contributed by atoms with Crippen molar-refractivity contribution in [3.8, 4) is 5.75 Å². The number of alkyl halides is 3. The molecule has 1 fully saturated rings. The van der Waals surface area contributed by atoms with Gasteiger partial charge in [0.2, 0.25) is 17.9 Å². The van der Waals surface area contributed by atoms with Crippen LogP contribution in [0.15, 0.2) is 78.9 Å². The summed E-state index contributed by atoms with van der Waals surface area (Å²) in [5.41, 5.74) is 6.56. The number of benzene rings is 3. The highest BCUT2D eigenvalue weighted by Crippen LogP contribution is 2.32. The number of carbonyl (C=O) groups excluding carboxylic acids is 3. The molecule has 1 unspecified atom stereocenters. The van der Waals surface area contributed by atoms with Crippen LogP contribution in [0, 0.1) is 0 Å². The summed E-state index contributed by atoms with van der Waals surface area (Å²) < 4.78 is 51.3. The molecule has 4 rings (SSSR count). The number of carbonyl (C=O) groups is 3. The average molecular weight is 598 g/mol. The van der Waals surface area contributed by atoms with Crippen LogP contribution in [0.3, 0.4) is 0 Å². The number of likely N-dealkylation sites (tertiary alicyclic amines) is 1. The van der Waals surface area contributed by atoms with Crippen molar-refractivity contribution in [2.45, 2.75) is 57.1 Å². The third kappa shape index (κ3) is 8.13. The highest BCUT2D eigenvalue weighted by molar-refractivity contribution is 5.90. The number of nitrogens with one attached hydrogen (secondary N) is 1. The molecule has 0 aliphatic carbocycles. The SMILES string of the molecule is CCOC(=O)C(Oc1ccc(CNC(=O)[C@@H]2CCCN2C(=O)[C@@H](N)Cc2ccccc2C(F)(F)F)cc1)c1ccccc1. The lowest BCUT2D eigenvalue weighted by Gasteiger charge is -2.27. The molecule has 1 aliphatic rings. The lowest BCUT2D eigenvalue weighted by molar-refractivity contribution is -0.151. The smallest absolute Gasteiger partial charge is 0.416 e. The molecule has 0 saturated carbocycles. The molecule has 1 heterocycles. The van der Waals surface area contributed by atoms with Crippen molar-refractivity contribution in [2.24, 2.45) is 5.73 Å². The molecule has 8 nitrogen and oxygen atoms in total. The summed E-state index contributed by atoms with van der Waals surface area (Å²) in [7, 11) is 0. The maximum Gasteiger partial charge on any atom is 0.416 e. The predicted octanol–water partition coefficient (Wildman–Crippen LogP) is 4.57. The first-order chi connectivity index (χ1) is 20.6. The van der Waals surface area contributed by atoms with E-state index in [9.17, 15) is 27.6 Å². The van der Waals surface area contributed by atoms with Crippen LogP contribution < -0.4 is 15.8 Å². The quantitative estimate of drug-likeness (QED) is 0.314. The molecule has 0 radical (unpaired) electrons. The summed E-state index contributed by atoms with van der Waals surface area (Å²) >= 11 is 0. The van der Waals surface area contributed by atoms with Crippen molar-refractivity contribution in [2.75, 3.05) is 13.2 Å². The minimum absolute atomic E-state index is 0.0687. The Morgan fingerprint density at radius 1 is 1.00 bits per heavy atom. The van der Waals surface area contributed by atoms with Crippen LogP contribution in [0.4, 0.5) is 13.2 Å². The fourth-order valence-corrected chi connectivity index (χ4v) is 5.04. The molecular formula is C32H34F3N3O5. The fraction of sp³-hybridized carbons (Fsp3) is 0.344. The molecule has 0 bridgehead atoms. The molecule has 0 aromatic heterocycles. The Bertz CT molecular complexity index is 1400. The van der Waals surface area contributed by atoms with Crippen molar-refractivity contribution in [3.63, 3.8) is 0 Å². The predicted molar refractivity (Wildman–Crippen MR) is 153 cm³/mol. The van der Waals surface area contributed by atoms with Gasteiger partial charge in [-0.2, -0.15) is 13.2 Å². The van der Waals surface area contributed by atoms with Gasteiger partial charge in [-0.25, -0.2) is 4.79 Å². The van der Waals surface area contributed by atoms with Crippen LogP contribution in [0.5, 0.6) is 5.75 Å². The van der Waals surface area contributed by atoms with Crippen LogP contribution >= 0.6 is 0 Å². The van der Waals surface area contributed by atoms with Gasteiger partial charge in [0.1, 0.15) is 11.8 Å². The van der Waals surface area contributed by atoms with E-state index in [0.29, 0.717) is 30.7 Å². The van der Waals surface area contributed by atoms with Gasteiger partial charge in [-0.15, -0.1) is 0 Å². The first kappa shape index (κ1) is 31.6. The van der Waals surface area contributed by atoms with E-state index in [4.69, 9.17) is 15.2 Å². The van der Waals surface area contributed by atoms with E-state index < -0.39 is 41.8 Å². The zero-order valence-corrected chi connectivity index (χ0v) is 23.7. The van der Waals surface area contributed by atoms with Gasteiger partial charge in [-0.3, -0.25) is 9.59 Å². The van der Waals surface area contributed by atoms with Gasteiger partial charge in [0.15, 0.2) is 0 Å². The van der Waals surface area contributed by atoms with Crippen molar-refractivity contribution in [1.29, 1.82) is 0 Å². The molecule has 3 atom stereocenters. The van der Waals surface area contributed by atoms with Gasteiger partial charge in [-0.05, 0) is 55.5 Å². The Morgan fingerprint density at radius 2 is 1.67 bits per heavy atom. The summed E-state index contributed by atoms with van der Waals surface area (Å²) in [6.45, 7) is 2.39. The minimum Gasteiger partial charge on any atom is -0.474 e. The molecule has 1 aliphatic heterocycles. The van der Waals surface area contributed by atoms with Gasteiger partial charge < -0.3 is 25.4 Å². The van der Waals surface area contributed by atoms with E-state index >= 15 is 0 Å². The lowest BCUT2D eigenvalue weighted by atomic mass is 9.99. The number of hydrogen-bond acceptors (Lipinski definition) is 6. The van der Waals surface area contributed by atoms with E-state index in [1.165, 1.54) is 23.1 Å². The number of ether oxygens (including phenoxy) is 2. The number of hydrogen-bond donors (Lipinski definition) is 2. The van der Waals surface area contributed by atoms with E-state index in [0.717, 1.165) is 11.6 Å². The van der Waals surface area contributed by atoms with Crippen molar-refractivity contribution < 1.29 is 37.0 Å². The normalized spacial score (nSPS) is 16.3. The van der Waals surface area contributed by atoms with Crippen molar-refractivity contribution in [1.82, 2.24) is 10.2 Å². The summed E-state index contributed by atoms with van der Waals surface area (Å²) in [5, 5.41) is 2.83. The van der Waals surface area contributed by atoms with Gasteiger partial charge in [-0.1, -0.05) is 60.7 Å². The number of rotatable bonds is 11. The molecule has 3 N–H and O–H groups in total. The minimum atomic E-state index is -4.57. The summed E-state index contributed by atoms with van der Waals surface area (Å²) in [4.78, 5) is 40.0. The number of amides is 2. The Kier molecular flexibility index (Phi) is 10.4. The second kappa shape index (κ2) is 14.2. The summed E-state index contributed by atoms with van der Waals surface area (Å²) in [6, 6.07) is 18.9. The maximum absolute atomic E-state index is 13.4. The first-order valence-corrected chi connectivity index (χ1v) is 14.0. The molecule has 3 aromatic rings. The second-order valence-corrected chi connectivity index (χ2v) is 10.2. The number of nitrogens with zero attached hydrogens (tertiary/aromatic N) is 1. The van der Waals surface area contributed by atoms with Crippen LogP contribution in [0.2, 0.25) is 0 Å². The topological polar surface area (TPSA) is 111 Å². The first-order valence-electron chi connectivity index (χ1n) is 14.0. The van der Waals surface area contributed by atoms with Gasteiger partial charge in [0.05, 0.1) is 18.2 Å². The van der Waals surface area contributed by atoms with Gasteiger partial charge in [0.25, 0.3) is 0 Å². The van der Waals surface area contributed by atoms with Crippen molar-refractivity contribution >= 4 is 17.8 Å².